The SMILES string of the molecule is CC(C)C(=O)NC1C=C(C2CCN(Cc3ccc(Oc4ccccc4)cc3)CC2)C=CC1. The van der Waals surface area contributed by atoms with E-state index in [2.05, 4.69) is 52.7 Å². The number of hydrogen-bond acceptors (Lipinski definition) is 3. The first-order chi connectivity index (χ1) is 15.6. The van der Waals surface area contributed by atoms with E-state index in [-0.39, 0.29) is 17.9 Å². The molecule has 0 bridgehead atoms. The lowest BCUT2D eigenvalue weighted by Gasteiger charge is -2.34. The number of nitrogens with zero attached hydrogens (tertiary/aromatic N) is 1. The lowest BCUT2D eigenvalue weighted by Crippen LogP contribution is -2.38. The van der Waals surface area contributed by atoms with E-state index in [1.807, 2.05) is 44.2 Å². The largest absolute Gasteiger partial charge is 0.457 e. The molecule has 1 N–H and O–H groups in total. The molecule has 0 aromatic heterocycles. The molecule has 1 unspecified atom stereocenters. The van der Waals surface area contributed by atoms with Crippen LogP contribution >= 0.6 is 0 Å². The Balaban J connectivity index is 1.26. The van der Waals surface area contributed by atoms with E-state index in [9.17, 15) is 4.79 Å². The van der Waals surface area contributed by atoms with E-state index in [1.165, 1.54) is 11.1 Å². The molecule has 4 heteroatoms. The van der Waals surface area contributed by atoms with Gasteiger partial charge in [-0.05, 0) is 73.7 Å². The summed E-state index contributed by atoms with van der Waals surface area (Å²) in [4.78, 5) is 14.6. The van der Waals surface area contributed by atoms with Crippen molar-refractivity contribution in [2.45, 2.75) is 45.7 Å². The summed E-state index contributed by atoms with van der Waals surface area (Å²) in [7, 11) is 0. The number of benzene rings is 2. The maximum Gasteiger partial charge on any atom is 0.223 e. The van der Waals surface area contributed by atoms with Gasteiger partial charge in [0.2, 0.25) is 5.91 Å². The van der Waals surface area contributed by atoms with Crippen molar-refractivity contribution in [3.8, 4) is 11.5 Å². The summed E-state index contributed by atoms with van der Waals surface area (Å²) in [5.74, 6) is 2.48. The van der Waals surface area contributed by atoms with Crippen LogP contribution in [0.2, 0.25) is 0 Å². The third kappa shape index (κ3) is 6.10. The zero-order chi connectivity index (χ0) is 22.3. The van der Waals surface area contributed by atoms with Crippen LogP contribution in [0.1, 0.15) is 38.7 Å². The van der Waals surface area contributed by atoms with E-state index in [0.717, 1.165) is 50.4 Å². The van der Waals surface area contributed by atoms with Gasteiger partial charge < -0.3 is 10.1 Å². The van der Waals surface area contributed by atoms with Crippen LogP contribution in [0, 0.1) is 11.8 Å². The Hall–Kier alpha value is -2.85. The Bertz CT molecular complexity index is 939. The van der Waals surface area contributed by atoms with Gasteiger partial charge in [-0.25, -0.2) is 0 Å². The molecule has 0 radical (unpaired) electrons. The number of piperidine rings is 1. The van der Waals surface area contributed by atoms with E-state index < -0.39 is 0 Å². The Morgan fingerprint density at radius 3 is 2.41 bits per heavy atom. The summed E-state index contributed by atoms with van der Waals surface area (Å²) in [5, 5.41) is 3.16. The predicted molar refractivity (Wildman–Crippen MR) is 130 cm³/mol. The van der Waals surface area contributed by atoms with Crippen molar-refractivity contribution in [2.24, 2.45) is 11.8 Å². The Labute approximate surface area is 192 Å². The zero-order valence-corrected chi connectivity index (χ0v) is 19.2. The lowest BCUT2D eigenvalue weighted by atomic mass is 9.85. The zero-order valence-electron chi connectivity index (χ0n) is 19.2. The van der Waals surface area contributed by atoms with Crippen LogP contribution in [0.5, 0.6) is 11.5 Å². The number of ether oxygens (including phenoxy) is 1. The third-order valence-electron chi connectivity index (χ3n) is 6.31. The summed E-state index contributed by atoms with van der Waals surface area (Å²) in [5.41, 5.74) is 2.71. The number of rotatable bonds is 7. The van der Waals surface area contributed by atoms with Gasteiger partial charge in [0, 0.05) is 12.5 Å². The minimum absolute atomic E-state index is 0.0277. The van der Waals surface area contributed by atoms with Gasteiger partial charge in [0.05, 0.1) is 6.04 Å². The van der Waals surface area contributed by atoms with E-state index >= 15 is 0 Å². The lowest BCUT2D eigenvalue weighted by molar-refractivity contribution is -0.124. The number of likely N-dealkylation sites (tertiary alicyclic amines) is 1. The average Bonchev–Trinajstić information content (AvgIpc) is 2.82. The molecule has 2 aliphatic rings. The fourth-order valence-corrected chi connectivity index (χ4v) is 4.40. The van der Waals surface area contributed by atoms with E-state index in [0.29, 0.717) is 5.92 Å². The monoisotopic (exact) mass is 430 g/mol. The third-order valence-corrected chi connectivity index (χ3v) is 6.31. The summed E-state index contributed by atoms with van der Waals surface area (Å²) in [6.45, 7) is 7.05. The predicted octanol–water partition coefficient (Wildman–Crippen LogP) is 5.72. The summed E-state index contributed by atoms with van der Waals surface area (Å²) in [6.07, 6.45) is 9.99. The first kappa shape index (κ1) is 22.3. The van der Waals surface area contributed by atoms with Gasteiger partial charge in [0.25, 0.3) is 0 Å². The summed E-state index contributed by atoms with van der Waals surface area (Å²) >= 11 is 0. The summed E-state index contributed by atoms with van der Waals surface area (Å²) < 4.78 is 5.90. The second kappa shape index (κ2) is 10.6. The van der Waals surface area contributed by atoms with Gasteiger partial charge in [-0.3, -0.25) is 9.69 Å². The van der Waals surface area contributed by atoms with Crippen molar-refractivity contribution in [1.82, 2.24) is 10.2 Å². The Kier molecular flexibility index (Phi) is 7.43. The van der Waals surface area contributed by atoms with Crippen LogP contribution < -0.4 is 10.1 Å². The number of nitrogens with one attached hydrogen (secondary N) is 1. The Morgan fingerprint density at radius 2 is 1.72 bits per heavy atom. The van der Waals surface area contributed by atoms with E-state index in [4.69, 9.17) is 4.74 Å². The highest BCUT2D eigenvalue weighted by Crippen LogP contribution is 2.29. The molecule has 0 saturated carbocycles. The average molecular weight is 431 g/mol. The molecule has 2 aromatic carbocycles. The molecule has 1 heterocycles. The molecular formula is C28H34N2O2. The van der Waals surface area contributed by atoms with Gasteiger partial charge in [-0.2, -0.15) is 0 Å². The van der Waals surface area contributed by atoms with Crippen molar-refractivity contribution >= 4 is 5.91 Å². The molecule has 168 valence electrons. The number of hydrogen-bond donors (Lipinski definition) is 1. The molecule has 4 rings (SSSR count). The number of amides is 1. The minimum atomic E-state index is 0.0277. The van der Waals surface area contributed by atoms with Crippen LogP contribution in [-0.2, 0) is 11.3 Å². The first-order valence-electron chi connectivity index (χ1n) is 11.8. The maximum absolute atomic E-state index is 12.0. The second-order valence-electron chi connectivity index (χ2n) is 9.18. The minimum Gasteiger partial charge on any atom is -0.457 e. The number of carbonyl (C=O) groups excluding carboxylic acids is 1. The standard InChI is InChI=1S/C28H34N2O2/c1-21(2)28(31)29-25-8-6-7-24(19-25)23-15-17-30(18-16-23)20-22-11-13-27(14-12-22)32-26-9-4-3-5-10-26/h3-7,9-14,19,21,23,25H,8,15-18,20H2,1-2H3,(H,29,31). The second-order valence-corrected chi connectivity index (χ2v) is 9.18. The molecule has 4 nitrogen and oxygen atoms in total. The van der Waals surface area contributed by atoms with Crippen molar-refractivity contribution in [3.63, 3.8) is 0 Å². The highest BCUT2D eigenvalue weighted by atomic mass is 16.5. The molecule has 0 spiro atoms. The molecule has 1 aliphatic carbocycles. The molecule has 1 amide bonds. The normalized spacial score (nSPS) is 19.6. The molecule has 1 aliphatic heterocycles. The molecule has 2 aromatic rings. The number of para-hydroxylation sites is 1. The van der Waals surface area contributed by atoms with Crippen molar-refractivity contribution < 1.29 is 9.53 Å². The van der Waals surface area contributed by atoms with Crippen molar-refractivity contribution in [3.05, 3.63) is 84.0 Å². The van der Waals surface area contributed by atoms with Gasteiger partial charge in [-0.1, -0.05) is 62.4 Å². The topological polar surface area (TPSA) is 41.6 Å². The van der Waals surface area contributed by atoms with Crippen LogP contribution in [0.15, 0.2) is 78.4 Å². The fraction of sp³-hybridized carbons (Fsp3) is 0.393. The molecular weight excluding hydrogens is 396 g/mol. The van der Waals surface area contributed by atoms with Gasteiger partial charge in [0.15, 0.2) is 0 Å². The quantitative estimate of drug-likeness (QED) is 0.611. The van der Waals surface area contributed by atoms with Crippen LogP contribution in [-0.4, -0.2) is 29.9 Å². The molecule has 1 saturated heterocycles. The number of carbonyl (C=O) groups is 1. The first-order valence-corrected chi connectivity index (χ1v) is 11.8. The van der Waals surface area contributed by atoms with Crippen molar-refractivity contribution in [2.75, 3.05) is 13.1 Å². The summed E-state index contributed by atoms with van der Waals surface area (Å²) in [6, 6.07) is 18.5. The highest BCUT2D eigenvalue weighted by molar-refractivity contribution is 5.78. The van der Waals surface area contributed by atoms with Crippen LogP contribution in [0.4, 0.5) is 0 Å². The highest BCUT2D eigenvalue weighted by Gasteiger charge is 2.24. The molecule has 1 atom stereocenters. The van der Waals surface area contributed by atoms with E-state index in [1.54, 1.807) is 0 Å². The maximum atomic E-state index is 12.0. The Morgan fingerprint density at radius 1 is 1.03 bits per heavy atom. The van der Waals surface area contributed by atoms with Gasteiger partial charge in [0.1, 0.15) is 11.5 Å². The van der Waals surface area contributed by atoms with Gasteiger partial charge in [-0.15, -0.1) is 0 Å². The molecule has 1 fully saturated rings. The van der Waals surface area contributed by atoms with Crippen molar-refractivity contribution in [1.29, 1.82) is 0 Å². The number of allylic oxidation sites excluding steroid dienone is 2. The smallest absolute Gasteiger partial charge is 0.223 e. The van der Waals surface area contributed by atoms with Crippen LogP contribution in [0.25, 0.3) is 0 Å². The molecule has 32 heavy (non-hydrogen) atoms. The fourth-order valence-electron chi connectivity index (χ4n) is 4.40. The van der Waals surface area contributed by atoms with Gasteiger partial charge >= 0.3 is 0 Å². The van der Waals surface area contributed by atoms with Crippen LogP contribution in [0.3, 0.4) is 0 Å².